The first-order chi connectivity index (χ1) is 11.6. The van der Waals surface area contributed by atoms with Gasteiger partial charge in [0.25, 0.3) is 0 Å². The number of fused-ring (bicyclic) bond motifs is 1. The molecular weight excluding hydrogens is 296 g/mol. The first kappa shape index (κ1) is 16.6. The number of rotatable bonds is 7. The Hall–Kier alpha value is -2.26. The van der Waals surface area contributed by atoms with Gasteiger partial charge in [0.1, 0.15) is 12.4 Å². The molecule has 3 heteroatoms. The zero-order valence-electron chi connectivity index (χ0n) is 14.8. The van der Waals surface area contributed by atoms with E-state index in [2.05, 4.69) is 61.2 Å². The summed E-state index contributed by atoms with van der Waals surface area (Å²) < 4.78 is 6.12. The van der Waals surface area contributed by atoms with Crippen molar-refractivity contribution in [3.8, 4) is 5.75 Å². The van der Waals surface area contributed by atoms with Crippen LogP contribution >= 0.6 is 0 Å². The molecular formula is C21H26N2O. The SMILES string of the molecule is CC(C)N(C)CCc1c[nH]c2cccc(OCc3ccccc3)c12. The molecule has 0 fully saturated rings. The summed E-state index contributed by atoms with van der Waals surface area (Å²) in [5, 5.41) is 1.21. The molecule has 0 saturated carbocycles. The van der Waals surface area contributed by atoms with Crippen molar-refractivity contribution in [3.63, 3.8) is 0 Å². The van der Waals surface area contributed by atoms with Crippen molar-refractivity contribution in [3.05, 3.63) is 65.9 Å². The minimum absolute atomic E-state index is 0.559. The normalized spacial score (nSPS) is 11.5. The standard InChI is InChI=1S/C21H26N2O/c1-16(2)23(3)13-12-18-14-22-19-10-7-11-20(21(18)19)24-15-17-8-5-4-6-9-17/h4-11,14,16,22H,12-13,15H2,1-3H3. The summed E-state index contributed by atoms with van der Waals surface area (Å²) in [6.07, 6.45) is 3.13. The second-order valence-corrected chi connectivity index (χ2v) is 6.59. The number of hydrogen-bond donors (Lipinski definition) is 1. The van der Waals surface area contributed by atoms with Gasteiger partial charge in [0.05, 0.1) is 0 Å². The molecule has 2 aromatic carbocycles. The van der Waals surface area contributed by atoms with Gasteiger partial charge >= 0.3 is 0 Å². The Morgan fingerprint density at radius 1 is 1.04 bits per heavy atom. The average molecular weight is 322 g/mol. The molecule has 3 rings (SSSR count). The molecule has 3 nitrogen and oxygen atoms in total. The quantitative estimate of drug-likeness (QED) is 0.687. The molecule has 0 saturated heterocycles. The third-order valence-corrected chi connectivity index (χ3v) is 4.60. The highest BCUT2D eigenvalue weighted by atomic mass is 16.5. The van der Waals surface area contributed by atoms with Crippen LogP contribution in [0.5, 0.6) is 5.75 Å². The highest BCUT2D eigenvalue weighted by molar-refractivity contribution is 5.89. The Morgan fingerprint density at radius 2 is 1.83 bits per heavy atom. The summed E-state index contributed by atoms with van der Waals surface area (Å²) >= 11 is 0. The van der Waals surface area contributed by atoms with Crippen LogP contribution in [0.3, 0.4) is 0 Å². The predicted octanol–water partition coefficient (Wildman–Crippen LogP) is 4.63. The lowest BCUT2D eigenvalue weighted by atomic mass is 10.1. The van der Waals surface area contributed by atoms with E-state index in [1.165, 1.54) is 16.5 Å². The van der Waals surface area contributed by atoms with Crippen LogP contribution in [0.4, 0.5) is 0 Å². The third-order valence-electron chi connectivity index (χ3n) is 4.60. The monoisotopic (exact) mass is 322 g/mol. The van der Waals surface area contributed by atoms with Gasteiger partial charge in [-0.05, 0) is 50.6 Å². The van der Waals surface area contributed by atoms with E-state index in [4.69, 9.17) is 4.74 Å². The molecule has 1 heterocycles. The molecule has 0 radical (unpaired) electrons. The van der Waals surface area contributed by atoms with Crippen molar-refractivity contribution in [1.29, 1.82) is 0 Å². The molecule has 0 atom stereocenters. The average Bonchev–Trinajstić information content (AvgIpc) is 3.02. The third kappa shape index (κ3) is 3.80. The molecule has 24 heavy (non-hydrogen) atoms. The van der Waals surface area contributed by atoms with Crippen molar-refractivity contribution in [1.82, 2.24) is 9.88 Å². The van der Waals surface area contributed by atoms with Gasteiger partial charge in [-0.25, -0.2) is 0 Å². The Kier molecular flexibility index (Phi) is 5.21. The topological polar surface area (TPSA) is 28.3 Å². The molecule has 0 aliphatic heterocycles. The van der Waals surface area contributed by atoms with Crippen LogP contribution in [-0.2, 0) is 13.0 Å². The Bertz CT molecular complexity index is 777. The lowest BCUT2D eigenvalue weighted by molar-refractivity contribution is 0.277. The number of ether oxygens (including phenoxy) is 1. The van der Waals surface area contributed by atoms with Gasteiger partial charge in [-0.2, -0.15) is 0 Å². The summed E-state index contributed by atoms with van der Waals surface area (Å²) in [6.45, 7) is 6.08. The van der Waals surface area contributed by atoms with E-state index in [0.717, 1.165) is 24.2 Å². The molecule has 0 aliphatic carbocycles. The fourth-order valence-corrected chi connectivity index (χ4v) is 2.83. The van der Waals surface area contributed by atoms with E-state index in [-0.39, 0.29) is 0 Å². The van der Waals surface area contributed by atoms with Crippen molar-refractivity contribution in [2.24, 2.45) is 0 Å². The predicted molar refractivity (Wildman–Crippen MR) is 101 cm³/mol. The largest absolute Gasteiger partial charge is 0.488 e. The van der Waals surface area contributed by atoms with Gasteiger partial charge in [0.15, 0.2) is 0 Å². The maximum atomic E-state index is 6.12. The van der Waals surface area contributed by atoms with E-state index in [1.54, 1.807) is 0 Å². The second kappa shape index (κ2) is 7.54. The van der Waals surface area contributed by atoms with Crippen LogP contribution in [0.2, 0.25) is 0 Å². The van der Waals surface area contributed by atoms with Gasteiger partial charge in [-0.1, -0.05) is 36.4 Å². The van der Waals surface area contributed by atoms with Crippen LogP contribution in [0.1, 0.15) is 25.0 Å². The van der Waals surface area contributed by atoms with E-state index in [0.29, 0.717) is 12.6 Å². The van der Waals surface area contributed by atoms with Gasteiger partial charge in [0.2, 0.25) is 0 Å². The van der Waals surface area contributed by atoms with Gasteiger partial charge in [-0.3, -0.25) is 0 Å². The van der Waals surface area contributed by atoms with Crippen LogP contribution in [0, 0.1) is 0 Å². The zero-order chi connectivity index (χ0) is 16.9. The number of aromatic amines is 1. The summed E-state index contributed by atoms with van der Waals surface area (Å²) in [7, 11) is 2.17. The number of likely N-dealkylation sites (N-methyl/N-ethyl adjacent to an activating group) is 1. The van der Waals surface area contributed by atoms with Crippen molar-refractivity contribution < 1.29 is 4.74 Å². The molecule has 0 bridgehead atoms. The Morgan fingerprint density at radius 3 is 2.58 bits per heavy atom. The summed E-state index contributed by atoms with van der Waals surface area (Å²) in [5.41, 5.74) is 3.65. The molecule has 1 N–H and O–H groups in total. The Balaban J connectivity index is 1.79. The number of H-pyrrole nitrogens is 1. The highest BCUT2D eigenvalue weighted by Gasteiger charge is 2.11. The minimum atomic E-state index is 0.559. The van der Waals surface area contributed by atoms with Gasteiger partial charge < -0.3 is 14.6 Å². The fraction of sp³-hybridized carbons (Fsp3) is 0.333. The van der Waals surface area contributed by atoms with Crippen molar-refractivity contribution in [2.75, 3.05) is 13.6 Å². The maximum absolute atomic E-state index is 6.12. The van der Waals surface area contributed by atoms with Crippen molar-refractivity contribution >= 4 is 10.9 Å². The fourth-order valence-electron chi connectivity index (χ4n) is 2.83. The highest BCUT2D eigenvalue weighted by Crippen LogP contribution is 2.30. The summed E-state index contributed by atoms with van der Waals surface area (Å²) in [4.78, 5) is 5.75. The number of nitrogens with zero attached hydrogens (tertiary/aromatic N) is 1. The first-order valence-electron chi connectivity index (χ1n) is 8.61. The maximum Gasteiger partial charge on any atom is 0.129 e. The summed E-state index contributed by atoms with van der Waals surface area (Å²) in [6, 6.07) is 17.1. The van der Waals surface area contributed by atoms with Crippen LogP contribution in [0.15, 0.2) is 54.7 Å². The second-order valence-electron chi connectivity index (χ2n) is 6.59. The van der Waals surface area contributed by atoms with Crippen LogP contribution in [0.25, 0.3) is 10.9 Å². The molecule has 1 aromatic heterocycles. The molecule has 0 aliphatic rings. The number of nitrogens with one attached hydrogen (secondary N) is 1. The van der Waals surface area contributed by atoms with E-state index in [9.17, 15) is 0 Å². The van der Waals surface area contributed by atoms with E-state index >= 15 is 0 Å². The zero-order valence-corrected chi connectivity index (χ0v) is 14.8. The number of aromatic nitrogens is 1. The first-order valence-corrected chi connectivity index (χ1v) is 8.61. The van der Waals surface area contributed by atoms with Gasteiger partial charge in [0, 0.05) is 29.7 Å². The number of hydrogen-bond acceptors (Lipinski definition) is 2. The molecule has 126 valence electrons. The molecule has 0 spiro atoms. The van der Waals surface area contributed by atoms with Crippen molar-refractivity contribution in [2.45, 2.75) is 32.9 Å². The lowest BCUT2D eigenvalue weighted by Gasteiger charge is -2.20. The number of benzene rings is 2. The van der Waals surface area contributed by atoms with E-state index < -0.39 is 0 Å². The van der Waals surface area contributed by atoms with E-state index in [1.807, 2.05) is 24.3 Å². The van der Waals surface area contributed by atoms with Crippen LogP contribution < -0.4 is 4.74 Å². The minimum Gasteiger partial charge on any atom is -0.488 e. The smallest absolute Gasteiger partial charge is 0.129 e. The molecule has 0 unspecified atom stereocenters. The molecule has 3 aromatic rings. The van der Waals surface area contributed by atoms with Crippen LogP contribution in [-0.4, -0.2) is 29.5 Å². The molecule has 0 amide bonds. The lowest BCUT2D eigenvalue weighted by Crippen LogP contribution is -2.28. The van der Waals surface area contributed by atoms with Gasteiger partial charge in [-0.15, -0.1) is 0 Å². The Labute approximate surface area is 144 Å². The summed E-state index contributed by atoms with van der Waals surface area (Å²) in [5.74, 6) is 0.958.